The van der Waals surface area contributed by atoms with E-state index in [1.54, 1.807) is 31.2 Å². The van der Waals surface area contributed by atoms with E-state index in [1.165, 1.54) is 24.5 Å². The number of nitrogens with one attached hydrogen (secondary N) is 1. The van der Waals surface area contributed by atoms with E-state index in [-0.39, 0.29) is 11.7 Å². The molecule has 1 atom stereocenters. The molecule has 0 spiro atoms. The molecule has 1 aromatic carbocycles. The highest BCUT2D eigenvalue weighted by Crippen LogP contribution is 2.21. The lowest BCUT2D eigenvalue weighted by molar-refractivity contribution is -0.153. The average Bonchev–Trinajstić information content (AvgIpc) is 2.73. The Bertz CT molecular complexity index is 963. The molecule has 0 radical (unpaired) electrons. The Balaban J connectivity index is 1.56. The molecule has 0 aliphatic heterocycles. The number of nitrogens with zero attached hydrogens (tertiary/aromatic N) is 2. The summed E-state index contributed by atoms with van der Waals surface area (Å²) in [5.41, 5.74) is 0.798. The predicted octanol–water partition coefficient (Wildman–Crippen LogP) is 4.70. The third-order valence-corrected chi connectivity index (χ3v) is 3.92. The zero-order chi connectivity index (χ0) is 21.6. The number of para-hydroxylation sites is 1. The molecule has 3 aromatic rings. The Labute approximate surface area is 170 Å². The van der Waals surface area contributed by atoms with Crippen molar-refractivity contribution in [2.24, 2.45) is 0 Å². The van der Waals surface area contributed by atoms with E-state index in [2.05, 4.69) is 20.0 Å². The van der Waals surface area contributed by atoms with Gasteiger partial charge in [0.05, 0.1) is 23.5 Å². The van der Waals surface area contributed by atoms with Crippen LogP contribution in [0.15, 0.2) is 67.0 Å². The minimum Gasteiger partial charge on any atom is -0.483 e. The number of carbonyl (C=O) groups excluding carboxylic acids is 1. The molecular weight excluding hydrogens is 399 g/mol. The Morgan fingerprint density at radius 2 is 1.77 bits per heavy atom. The number of halogens is 3. The standard InChI is InChI=1S/C21H18F3N3O3/c1-14(18-9-8-17(12-25-18)29-13-21(22,23)24)27-20(28)15-7-10-19(26-11-15)30-16-5-3-2-4-6-16/h2-12,14H,13H2,1H3,(H,27,28). The highest BCUT2D eigenvalue weighted by molar-refractivity contribution is 5.94. The molecule has 2 heterocycles. The quantitative estimate of drug-likeness (QED) is 0.603. The summed E-state index contributed by atoms with van der Waals surface area (Å²) >= 11 is 0. The van der Waals surface area contributed by atoms with Gasteiger partial charge in [-0.3, -0.25) is 9.78 Å². The summed E-state index contributed by atoms with van der Waals surface area (Å²) in [5, 5.41) is 2.75. The van der Waals surface area contributed by atoms with Crippen LogP contribution in [0.3, 0.4) is 0 Å². The predicted molar refractivity (Wildman–Crippen MR) is 102 cm³/mol. The van der Waals surface area contributed by atoms with Crippen LogP contribution >= 0.6 is 0 Å². The Kier molecular flexibility index (Phi) is 6.51. The number of hydrogen-bond donors (Lipinski definition) is 1. The topological polar surface area (TPSA) is 73.3 Å². The Morgan fingerprint density at radius 3 is 2.37 bits per heavy atom. The lowest BCUT2D eigenvalue weighted by Gasteiger charge is -2.14. The Morgan fingerprint density at radius 1 is 1.00 bits per heavy atom. The van der Waals surface area contributed by atoms with Crippen LogP contribution < -0.4 is 14.8 Å². The monoisotopic (exact) mass is 417 g/mol. The molecule has 0 saturated carbocycles. The number of aromatic nitrogens is 2. The number of alkyl halides is 3. The van der Waals surface area contributed by atoms with Crippen molar-refractivity contribution in [3.05, 3.63) is 78.2 Å². The van der Waals surface area contributed by atoms with Crippen LogP contribution in [0.5, 0.6) is 17.4 Å². The maximum Gasteiger partial charge on any atom is 0.422 e. The van der Waals surface area contributed by atoms with Crippen LogP contribution in [0, 0.1) is 0 Å². The summed E-state index contributed by atoms with van der Waals surface area (Å²) in [7, 11) is 0. The first kappa shape index (κ1) is 21.1. The number of amides is 1. The number of ether oxygens (including phenoxy) is 2. The van der Waals surface area contributed by atoms with Crippen LogP contribution in [0.25, 0.3) is 0 Å². The van der Waals surface area contributed by atoms with Crippen molar-refractivity contribution in [1.29, 1.82) is 0 Å². The highest BCUT2D eigenvalue weighted by Gasteiger charge is 2.28. The first-order chi connectivity index (χ1) is 14.3. The van der Waals surface area contributed by atoms with Gasteiger partial charge in [-0.1, -0.05) is 18.2 Å². The first-order valence-electron chi connectivity index (χ1n) is 8.95. The van der Waals surface area contributed by atoms with Gasteiger partial charge in [0.2, 0.25) is 5.88 Å². The molecule has 0 fully saturated rings. The molecule has 1 unspecified atom stereocenters. The zero-order valence-corrected chi connectivity index (χ0v) is 15.9. The largest absolute Gasteiger partial charge is 0.483 e. The van der Waals surface area contributed by atoms with Crippen molar-refractivity contribution in [3.63, 3.8) is 0 Å². The average molecular weight is 417 g/mol. The third-order valence-electron chi connectivity index (χ3n) is 3.92. The molecule has 0 aliphatic rings. The van der Waals surface area contributed by atoms with Crippen molar-refractivity contribution in [2.75, 3.05) is 6.61 Å². The fraction of sp³-hybridized carbons (Fsp3) is 0.190. The van der Waals surface area contributed by atoms with Gasteiger partial charge in [-0.2, -0.15) is 13.2 Å². The molecule has 2 aromatic heterocycles. The first-order valence-corrected chi connectivity index (χ1v) is 8.95. The SMILES string of the molecule is CC(NC(=O)c1ccc(Oc2ccccc2)nc1)c1ccc(OCC(F)(F)F)cn1. The van der Waals surface area contributed by atoms with Gasteiger partial charge in [0.25, 0.3) is 5.91 Å². The summed E-state index contributed by atoms with van der Waals surface area (Å²) in [6, 6.07) is 14.7. The van der Waals surface area contributed by atoms with Gasteiger partial charge < -0.3 is 14.8 Å². The lowest BCUT2D eigenvalue weighted by atomic mass is 10.2. The van der Waals surface area contributed by atoms with E-state index < -0.39 is 18.8 Å². The summed E-state index contributed by atoms with van der Waals surface area (Å²) in [6.45, 7) is 0.314. The lowest BCUT2D eigenvalue weighted by Crippen LogP contribution is -2.27. The van der Waals surface area contributed by atoms with Gasteiger partial charge in [0.15, 0.2) is 6.61 Å². The second-order valence-corrected chi connectivity index (χ2v) is 6.32. The van der Waals surface area contributed by atoms with Gasteiger partial charge in [-0.05, 0) is 37.3 Å². The van der Waals surface area contributed by atoms with Crippen LogP contribution in [0.4, 0.5) is 13.2 Å². The van der Waals surface area contributed by atoms with Gasteiger partial charge in [-0.15, -0.1) is 0 Å². The van der Waals surface area contributed by atoms with Gasteiger partial charge in [0, 0.05) is 12.3 Å². The molecule has 0 bridgehead atoms. The number of benzene rings is 1. The summed E-state index contributed by atoms with van der Waals surface area (Å²) in [6.07, 6.45) is -1.85. The van der Waals surface area contributed by atoms with Crippen LogP contribution in [-0.4, -0.2) is 28.7 Å². The van der Waals surface area contributed by atoms with Gasteiger partial charge in [-0.25, -0.2) is 4.98 Å². The molecule has 1 amide bonds. The second-order valence-electron chi connectivity index (χ2n) is 6.32. The second kappa shape index (κ2) is 9.25. The van der Waals surface area contributed by atoms with Crippen molar-refractivity contribution >= 4 is 5.91 Å². The summed E-state index contributed by atoms with van der Waals surface area (Å²) in [5.74, 6) is 0.597. The molecule has 30 heavy (non-hydrogen) atoms. The highest BCUT2D eigenvalue weighted by atomic mass is 19.4. The third kappa shape index (κ3) is 6.20. The molecule has 9 heteroatoms. The van der Waals surface area contributed by atoms with E-state index in [0.717, 1.165) is 0 Å². The fourth-order valence-electron chi connectivity index (χ4n) is 2.44. The van der Waals surface area contributed by atoms with Crippen molar-refractivity contribution < 1.29 is 27.4 Å². The molecule has 156 valence electrons. The number of hydrogen-bond acceptors (Lipinski definition) is 5. The van der Waals surface area contributed by atoms with Crippen molar-refractivity contribution in [3.8, 4) is 17.4 Å². The molecule has 3 rings (SSSR count). The molecular formula is C21H18F3N3O3. The van der Waals surface area contributed by atoms with Gasteiger partial charge >= 0.3 is 6.18 Å². The van der Waals surface area contributed by atoms with E-state index in [9.17, 15) is 18.0 Å². The van der Waals surface area contributed by atoms with E-state index in [0.29, 0.717) is 22.9 Å². The van der Waals surface area contributed by atoms with E-state index in [1.807, 2.05) is 18.2 Å². The fourth-order valence-corrected chi connectivity index (χ4v) is 2.44. The molecule has 6 nitrogen and oxygen atoms in total. The van der Waals surface area contributed by atoms with Crippen LogP contribution in [0.2, 0.25) is 0 Å². The normalized spacial score (nSPS) is 12.1. The van der Waals surface area contributed by atoms with E-state index >= 15 is 0 Å². The Hall–Kier alpha value is -3.62. The van der Waals surface area contributed by atoms with Gasteiger partial charge in [0.1, 0.15) is 11.5 Å². The maximum absolute atomic E-state index is 12.4. The van der Waals surface area contributed by atoms with Crippen molar-refractivity contribution in [1.82, 2.24) is 15.3 Å². The number of carbonyl (C=O) groups is 1. The minimum atomic E-state index is -4.42. The smallest absolute Gasteiger partial charge is 0.422 e. The molecule has 1 N–H and O–H groups in total. The molecule has 0 saturated heterocycles. The number of pyridine rings is 2. The maximum atomic E-state index is 12.4. The number of rotatable bonds is 7. The summed E-state index contributed by atoms with van der Waals surface area (Å²) < 4.78 is 46.7. The summed E-state index contributed by atoms with van der Waals surface area (Å²) in [4.78, 5) is 20.6. The molecule has 0 aliphatic carbocycles. The van der Waals surface area contributed by atoms with Crippen molar-refractivity contribution in [2.45, 2.75) is 19.1 Å². The minimum absolute atomic E-state index is 0.00666. The zero-order valence-electron chi connectivity index (χ0n) is 15.9. The van der Waals surface area contributed by atoms with Crippen LogP contribution in [-0.2, 0) is 0 Å². The van der Waals surface area contributed by atoms with Crippen LogP contribution in [0.1, 0.15) is 29.0 Å². The van der Waals surface area contributed by atoms with E-state index in [4.69, 9.17) is 4.74 Å².